The molecule has 0 saturated heterocycles. The maximum atomic E-state index is 12.4. The highest BCUT2D eigenvalue weighted by molar-refractivity contribution is 7.21. The van der Waals surface area contributed by atoms with Crippen molar-refractivity contribution in [3.05, 3.63) is 35.2 Å². The second kappa shape index (κ2) is 6.62. The maximum absolute atomic E-state index is 12.4. The summed E-state index contributed by atoms with van der Waals surface area (Å²) < 4.78 is 6.88. The summed E-state index contributed by atoms with van der Waals surface area (Å²) in [5.74, 6) is 0.876. The van der Waals surface area contributed by atoms with Crippen LogP contribution in [0.1, 0.15) is 29.9 Å². The molecule has 1 amide bonds. The van der Waals surface area contributed by atoms with Gasteiger partial charge in [-0.05, 0) is 31.5 Å². The Labute approximate surface area is 140 Å². The van der Waals surface area contributed by atoms with Crippen molar-refractivity contribution < 1.29 is 9.53 Å². The van der Waals surface area contributed by atoms with E-state index in [0.717, 1.165) is 51.5 Å². The van der Waals surface area contributed by atoms with Crippen LogP contribution in [0.15, 0.2) is 30.4 Å². The van der Waals surface area contributed by atoms with E-state index in [1.807, 2.05) is 19.1 Å². The van der Waals surface area contributed by atoms with Gasteiger partial charge in [-0.2, -0.15) is 0 Å². The summed E-state index contributed by atoms with van der Waals surface area (Å²) >= 11 is 1.55. The van der Waals surface area contributed by atoms with Gasteiger partial charge in [0.05, 0.1) is 12.3 Å². The SMILES string of the molecule is C=C(C)CN1CCNC(=O)c2sc3ccc(OCCC)cc3c21. The van der Waals surface area contributed by atoms with Crippen LogP contribution in [-0.4, -0.2) is 32.1 Å². The normalized spacial score (nSPS) is 14.3. The Kier molecular flexibility index (Phi) is 4.57. The fourth-order valence-corrected chi connectivity index (χ4v) is 3.94. The zero-order valence-electron chi connectivity index (χ0n) is 13.6. The number of benzene rings is 1. The van der Waals surface area contributed by atoms with Gasteiger partial charge in [-0.3, -0.25) is 4.79 Å². The Morgan fingerprint density at radius 2 is 2.30 bits per heavy atom. The van der Waals surface area contributed by atoms with Gasteiger partial charge in [0, 0.05) is 29.7 Å². The highest BCUT2D eigenvalue weighted by atomic mass is 32.1. The quantitative estimate of drug-likeness (QED) is 0.848. The summed E-state index contributed by atoms with van der Waals surface area (Å²) in [6.07, 6.45) is 0.976. The fraction of sp³-hybridized carbons (Fsp3) is 0.389. The topological polar surface area (TPSA) is 41.6 Å². The lowest BCUT2D eigenvalue weighted by Gasteiger charge is -2.23. The average molecular weight is 330 g/mol. The number of nitrogens with one attached hydrogen (secondary N) is 1. The first-order valence-corrected chi connectivity index (χ1v) is 8.78. The molecule has 2 aromatic rings. The summed E-state index contributed by atoms with van der Waals surface area (Å²) in [6.45, 7) is 11.0. The molecule has 2 heterocycles. The maximum Gasteiger partial charge on any atom is 0.263 e. The summed E-state index contributed by atoms with van der Waals surface area (Å²) in [4.78, 5) is 15.4. The standard InChI is InChI=1S/C18H22N2O2S/c1-4-9-22-13-5-6-15-14(10-13)16-17(23-15)18(21)19-7-8-20(16)11-12(2)3/h5-6,10H,2,4,7-9,11H2,1,3H3,(H,19,21). The van der Waals surface area contributed by atoms with Crippen LogP contribution in [0.5, 0.6) is 5.75 Å². The number of hydrogen-bond donors (Lipinski definition) is 1. The molecule has 5 heteroatoms. The number of anilines is 1. The number of thiophene rings is 1. The molecule has 4 nitrogen and oxygen atoms in total. The molecule has 0 aliphatic carbocycles. The molecule has 1 aliphatic heterocycles. The summed E-state index contributed by atoms with van der Waals surface area (Å²) in [5, 5.41) is 4.08. The number of carbonyl (C=O) groups is 1. The van der Waals surface area contributed by atoms with E-state index in [4.69, 9.17) is 4.74 Å². The summed E-state index contributed by atoms with van der Waals surface area (Å²) in [6, 6.07) is 6.09. The molecule has 0 unspecified atom stereocenters. The van der Waals surface area contributed by atoms with Crippen molar-refractivity contribution in [3.8, 4) is 5.75 Å². The van der Waals surface area contributed by atoms with Crippen LogP contribution in [0.3, 0.4) is 0 Å². The molecule has 0 atom stereocenters. The molecule has 1 aliphatic rings. The van der Waals surface area contributed by atoms with Gasteiger partial charge >= 0.3 is 0 Å². The van der Waals surface area contributed by atoms with Crippen LogP contribution >= 0.6 is 11.3 Å². The monoisotopic (exact) mass is 330 g/mol. The number of fused-ring (bicyclic) bond motifs is 3. The summed E-state index contributed by atoms with van der Waals surface area (Å²) in [5.41, 5.74) is 2.10. The third kappa shape index (κ3) is 3.20. The molecule has 3 rings (SSSR count). The minimum atomic E-state index is 0.0152. The Morgan fingerprint density at radius 3 is 3.04 bits per heavy atom. The molecule has 1 aromatic heterocycles. The third-order valence-corrected chi connectivity index (χ3v) is 4.92. The van der Waals surface area contributed by atoms with Crippen molar-refractivity contribution in [2.75, 3.05) is 31.1 Å². The molecule has 23 heavy (non-hydrogen) atoms. The molecule has 0 radical (unpaired) electrons. The van der Waals surface area contributed by atoms with Gasteiger partial charge in [-0.15, -0.1) is 11.3 Å². The van der Waals surface area contributed by atoms with Gasteiger partial charge in [-0.1, -0.05) is 19.1 Å². The average Bonchev–Trinajstić information content (AvgIpc) is 2.83. The van der Waals surface area contributed by atoms with Crippen LogP contribution < -0.4 is 15.0 Å². The summed E-state index contributed by atoms with van der Waals surface area (Å²) in [7, 11) is 0. The molecule has 1 N–H and O–H groups in total. The van der Waals surface area contributed by atoms with Crippen molar-refractivity contribution in [3.63, 3.8) is 0 Å². The van der Waals surface area contributed by atoms with Crippen molar-refractivity contribution in [2.45, 2.75) is 20.3 Å². The van der Waals surface area contributed by atoms with Gasteiger partial charge in [0.2, 0.25) is 0 Å². The fourth-order valence-electron chi connectivity index (χ4n) is 2.82. The van der Waals surface area contributed by atoms with E-state index in [-0.39, 0.29) is 5.91 Å². The minimum absolute atomic E-state index is 0.0152. The van der Waals surface area contributed by atoms with Gasteiger partial charge in [0.15, 0.2) is 0 Å². The molecule has 122 valence electrons. The predicted molar refractivity (Wildman–Crippen MR) is 97.0 cm³/mol. The molecule has 0 fully saturated rings. The van der Waals surface area contributed by atoms with Gasteiger partial charge in [0.25, 0.3) is 5.91 Å². The van der Waals surface area contributed by atoms with E-state index < -0.39 is 0 Å². The largest absolute Gasteiger partial charge is 0.494 e. The van der Waals surface area contributed by atoms with E-state index in [2.05, 4.69) is 29.8 Å². The highest BCUT2D eigenvalue weighted by Gasteiger charge is 2.26. The van der Waals surface area contributed by atoms with E-state index in [1.165, 1.54) is 0 Å². The molecule has 0 spiro atoms. The first kappa shape index (κ1) is 15.9. The van der Waals surface area contributed by atoms with Crippen LogP contribution in [-0.2, 0) is 0 Å². The number of rotatable bonds is 5. The van der Waals surface area contributed by atoms with E-state index in [9.17, 15) is 4.79 Å². The number of nitrogens with zero attached hydrogens (tertiary/aromatic N) is 1. The smallest absolute Gasteiger partial charge is 0.263 e. The Morgan fingerprint density at radius 1 is 1.48 bits per heavy atom. The Bertz CT molecular complexity index is 751. The molecule has 1 aromatic carbocycles. The lowest BCUT2D eigenvalue weighted by atomic mass is 10.1. The Hall–Kier alpha value is -2.01. The van der Waals surface area contributed by atoms with Gasteiger partial charge in [0.1, 0.15) is 10.6 Å². The minimum Gasteiger partial charge on any atom is -0.494 e. The van der Waals surface area contributed by atoms with Crippen LogP contribution in [0.2, 0.25) is 0 Å². The van der Waals surface area contributed by atoms with Crippen molar-refractivity contribution >= 4 is 33.0 Å². The molecule has 0 bridgehead atoms. The molecule has 0 saturated carbocycles. The van der Waals surface area contributed by atoms with Crippen molar-refractivity contribution in [1.82, 2.24) is 5.32 Å². The van der Waals surface area contributed by atoms with Crippen LogP contribution in [0, 0.1) is 0 Å². The lowest BCUT2D eigenvalue weighted by molar-refractivity contribution is 0.0962. The van der Waals surface area contributed by atoms with Crippen LogP contribution in [0.4, 0.5) is 5.69 Å². The zero-order valence-corrected chi connectivity index (χ0v) is 14.5. The first-order valence-electron chi connectivity index (χ1n) is 7.97. The predicted octanol–water partition coefficient (Wildman–Crippen LogP) is 3.82. The highest BCUT2D eigenvalue weighted by Crippen LogP contribution is 2.41. The van der Waals surface area contributed by atoms with Crippen molar-refractivity contribution in [1.29, 1.82) is 0 Å². The molecular weight excluding hydrogens is 308 g/mol. The zero-order chi connectivity index (χ0) is 16.4. The number of amides is 1. The molecular formula is C18H22N2O2S. The van der Waals surface area contributed by atoms with E-state index in [1.54, 1.807) is 11.3 Å². The lowest BCUT2D eigenvalue weighted by Crippen LogP contribution is -2.31. The van der Waals surface area contributed by atoms with Crippen molar-refractivity contribution in [2.24, 2.45) is 0 Å². The number of carbonyl (C=O) groups excluding carboxylic acids is 1. The van der Waals surface area contributed by atoms with Gasteiger partial charge in [-0.25, -0.2) is 0 Å². The second-order valence-corrected chi connectivity index (χ2v) is 6.97. The third-order valence-electron chi connectivity index (χ3n) is 3.76. The van der Waals surface area contributed by atoms with E-state index >= 15 is 0 Å². The van der Waals surface area contributed by atoms with Crippen LogP contribution in [0.25, 0.3) is 10.1 Å². The number of hydrogen-bond acceptors (Lipinski definition) is 4. The Balaban J connectivity index is 2.11. The number of ether oxygens (including phenoxy) is 1. The second-order valence-electron chi connectivity index (χ2n) is 5.92. The van der Waals surface area contributed by atoms with E-state index in [0.29, 0.717) is 13.2 Å². The van der Waals surface area contributed by atoms with Gasteiger partial charge < -0.3 is 15.0 Å². The first-order chi connectivity index (χ1) is 11.1.